The highest BCUT2D eigenvalue weighted by Crippen LogP contribution is 2.38. The lowest BCUT2D eigenvalue weighted by Gasteiger charge is -2.42. The minimum atomic E-state index is -0.603. The standard InChI is InChI=1S/C26H28ClN3O4/c27-20-7-3-5-18(15-20)24(32)30-12-4-6-19(17-30)25(33)29-13-10-26(11-14-29)16-23(31)28-21-8-1-2-9-22(21)34-26/h1-3,5,7-9,15,19H,4,6,10-14,16-17H2,(H,28,31). The first-order valence-electron chi connectivity index (χ1n) is 11.8. The number of amides is 3. The third-order valence-corrected chi connectivity index (χ3v) is 7.32. The second-order valence-corrected chi connectivity index (χ2v) is 9.87. The van der Waals surface area contributed by atoms with Gasteiger partial charge in [0, 0.05) is 49.6 Å². The van der Waals surface area contributed by atoms with E-state index < -0.39 is 5.60 Å². The Morgan fingerprint density at radius 2 is 1.82 bits per heavy atom. The number of carbonyl (C=O) groups is 3. The van der Waals surface area contributed by atoms with Crippen molar-refractivity contribution in [3.63, 3.8) is 0 Å². The van der Waals surface area contributed by atoms with Crippen molar-refractivity contribution in [3.05, 3.63) is 59.1 Å². The van der Waals surface area contributed by atoms with Gasteiger partial charge in [0.05, 0.1) is 18.0 Å². The largest absolute Gasteiger partial charge is 0.484 e. The number of anilines is 1. The molecule has 3 amide bonds. The number of carbonyl (C=O) groups excluding carboxylic acids is 3. The molecule has 0 aromatic heterocycles. The van der Waals surface area contributed by atoms with Gasteiger partial charge in [-0.15, -0.1) is 0 Å². The molecule has 2 aromatic rings. The lowest BCUT2D eigenvalue weighted by atomic mass is 9.86. The summed E-state index contributed by atoms with van der Waals surface area (Å²) in [6.07, 6.45) is 3.03. The zero-order valence-electron chi connectivity index (χ0n) is 19.0. The Balaban J connectivity index is 1.22. The van der Waals surface area contributed by atoms with E-state index in [1.807, 2.05) is 29.2 Å². The number of likely N-dealkylation sites (tertiary alicyclic amines) is 2. The van der Waals surface area contributed by atoms with Crippen LogP contribution >= 0.6 is 11.6 Å². The molecule has 0 aliphatic carbocycles. The van der Waals surface area contributed by atoms with Gasteiger partial charge in [-0.05, 0) is 43.2 Å². The van der Waals surface area contributed by atoms with Gasteiger partial charge in [-0.2, -0.15) is 0 Å². The van der Waals surface area contributed by atoms with Crippen LogP contribution < -0.4 is 10.1 Å². The predicted octanol–water partition coefficient (Wildman–Crippen LogP) is 3.97. The van der Waals surface area contributed by atoms with Crippen LogP contribution in [0, 0.1) is 5.92 Å². The van der Waals surface area contributed by atoms with Gasteiger partial charge in [-0.1, -0.05) is 29.8 Å². The van der Waals surface area contributed by atoms with Gasteiger partial charge in [-0.25, -0.2) is 0 Å². The Hall–Kier alpha value is -3.06. The molecule has 7 nitrogen and oxygen atoms in total. The first-order valence-corrected chi connectivity index (χ1v) is 12.2. The molecule has 1 atom stereocenters. The van der Waals surface area contributed by atoms with Crippen molar-refractivity contribution in [2.45, 2.75) is 37.7 Å². The number of nitrogens with zero attached hydrogens (tertiary/aromatic N) is 2. The van der Waals surface area contributed by atoms with Crippen molar-refractivity contribution in [2.24, 2.45) is 5.92 Å². The summed E-state index contributed by atoms with van der Waals surface area (Å²) in [6.45, 7) is 2.12. The summed E-state index contributed by atoms with van der Waals surface area (Å²) >= 11 is 6.05. The Kier molecular flexibility index (Phi) is 6.21. The number of ether oxygens (including phenoxy) is 1. The number of rotatable bonds is 2. The number of nitrogens with one attached hydrogen (secondary N) is 1. The lowest BCUT2D eigenvalue weighted by Crippen LogP contribution is -2.53. The van der Waals surface area contributed by atoms with E-state index in [4.69, 9.17) is 16.3 Å². The summed E-state index contributed by atoms with van der Waals surface area (Å²) in [5.74, 6) is 0.388. The van der Waals surface area contributed by atoms with Crippen molar-refractivity contribution in [1.29, 1.82) is 0 Å². The zero-order chi connectivity index (χ0) is 23.7. The second-order valence-electron chi connectivity index (χ2n) is 9.43. The maximum atomic E-state index is 13.4. The van der Waals surface area contributed by atoms with Crippen LogP contribution in [0.1, 0.15) is 42.5 Å². The Bertz CT molecular complexity index is 1110. The van der Waals surface area contributed by atoms with E-state index in [2.05, 4.69) is 5.32 Å². The number of benzene rings is 2. The van der Waals surface area contributed by atoms with E-state index in [1.54, 1.807) is 29.2 Å². The third kappa shape index (κ3) is 4.62. The Labute approximate surface area is 204 Å². The van der Waals surface area contributed by atoms with Crippen LogP contribution in [0.25, 0.3) is 0 Å². The number of piperidine rings is 2. The molecule has 0 saturated carbocycles. The van der Waals surface area contributed by atoms with Crippen LogP contribution in [0.3, 0.4) is 0 Å². The molecule has 8 heteroatoms. The molecular formula is C26H28ClN3O4. The first-order chi connectivity index (χ1) is 16.4. The maximum Gasteiger partial charge on any atom is 0.253 e. The summed E-state index contributed by atoms with van der Waals surface area (Å²) < 4.78 is 6.35. The lowest BCUT2D eigenvalue weighted by molar-refractivity contribution is -0.141. The molecule has 0 radical (unpaired) electrons. The van der Waals surface area contributed by atoms with E-state index in [0.29, 0.717) is 61.0 Å². The number of halogens is 1. The van der Waals surface area contributed by atoms with Crippen molar-refractivity contribution >= 4 is 35.0 Å². The van der Waals surface area contributed by atoms with Crippen LogP contribution in [-0.2, 0) is 9.59 Å². The van der Waals surface area contributed by atoms with E-state index in [9.17, 15) is 14.4 Å². The van der Waals surface area contributed by atoms with Gasteiger partial charge in [0.15, 0.2) is 0 Å². The van der Waals surface area contributed by atoms with Gasteiger partial charge >= 0.3 is 0 Å². The molecule has 1 unspecified atom stereocenters. The average molecular weight is 482 g/mol. The fraction of sp³-hybridized carbons (Fsp3) is 0.423. The summed E-state index contributed by atoms with van der Waals surface area (Å²) in [6, 6.07) is 14.4. The van der Waals surface area contributed by atoms with Crippen LogP contribution in [0.4, 0.5) is 5.69 Å². The van der Waals surface area contributed by atoms with Crippen molar-refractivity contribution in [2.75, 3.05) is 31.5 Å². The van der Waals surface area contributed by atoms with E-state index >= 15 is 0 Å². The molecule has 1 spiro atoms. The van der Waals surface area contributed by atoms with E-state index in [0.717, 1.165) is 12.8 Å². The van der Waals surface area contributed by atoms with Crippen LogP contribution in [-0.4, -0.2) is 59.3 Å². The van der Waals surface area contributed by atoms with Crippen molar-refractivity contribution < 1.29 is 19.1 Å². The fourth-order valence-corrected chi connectivity index (χ4v) is 5.44. The quantitative estimate of drug-likeness (QED) is 0.703. The van der Waals surface area contributed by atoms with Gasteiger partial charge in [0.1, 0.15) is 11.4 Å². The van der Waals surface area contributed by atoms with Crippen LogP contribution in [0.2, 0.25) is 5.02 Å². The molecule has 178 valence electrons. The highest BCUT2D eigenvalue weighted by Gasteiger charge is 2.43. The van der Waals surface area contributed by atoms with Gasteiger partial charge in [0.25, 0.3) is 5.91 Å². The number of hydrogen-bond acceptors (Lipinski definition) is 4. The summed E-state index contributed by atoms with van der Waals surface area (Å²) in [5, 5.41) is 3.44. The van der Waals surface area contributed by atoms with Gasteiger partial charge < -0.3 is 19.9 Å². The topological polar surface area (TPSA) is 79.0 Å². The second kappa shape index (κ2) is 9.29. The molecule has 5 rings (SSSR count). The minimum Gasteiger partial charge on any atom is -0.484 e. The molecule has 1 N–H and O–H groups in total. The average Bonchev–Trinajstić information content (AvgIpc) is 2.98. The van der Waals surface area contributed by atoms with Crippen molar-refractivity contribution in [1.82, 2.24) is 9.80 Å². The third-order valence-electron chi connectivity index (χ3n) is 7.09. The molecule has 34 heavy (non-hydrogen) atoms. The van der Waals surface area contributed by atoms with E-state index in [-0.39, 0.29) is 30.1 Å². The number of para-hydroxylation sites is 2. The summed E-state index contributed by atoms with van der Waals surface area (Å²) in [5.41, 5.74) is 0.633. The molecule has 2 aromatic carbocycles. The minimum absolute atomic E-state index is 0.0628. The molecule has 3 heterocycles. The van der Waals surface area contributed by atoms with Gasteiger partial charge in [-0.3, -0.25) is 14.4 Å². The smallest absolute Gasteiger partial charge is 0.253 e. The maximum absolute atomic E-state index is 13.4. The Morgan fingerprint density at radius 3 is 2.62 bits per heavy atom. The van der Waals surface area contributed by atoms with Crippen LogP contribution in [0.15, 0.2) is 48.5 Å². The molecular weight excluding hydrogens is 454 g/mol. The molecule has 2 saturated heterocycles. The Morgan fingerprint density at radius 1 is 1.03 bits per heavy atom. The normalized spacial score (nSPS) is 21.8. The monoisotopic (exact) mass is 481 g/mol. The molecule has 0 bridgehead atoms. The highest BCUT2D eigenvalue weighted by molar-refractivity contribution is 6.30. The SMILES string of the molecule is O=C1CC2(CCN(C(=O)C3CCCN(C(=O)c4cccc(Cl)c4)C3)CC2)Oc2ccccc2N1. The summed E-state index contributed by atoms with van der Waals surface area (Å²) in [7, 11) is 0. The zero-order valence-corrected chi connectivity index (χ0v) is 19.7. The first kappa shape index (κ1) is 22.7. The van der Waals surface area contributed by atoms with E-state index in [1.165, 1.54) is 0 Å². The highest BCUT2D eigenvalue weighted by atomic mass is 35.5. The van der Waals surface area contributed by atoms with Crippen molar-refractivity contribution in [3.8, 4) is 5.75 Å². The summed E-state index contributed by atoms with van der Waals surface area (Å²) in [4.78, 5) is 42.5. The number of hydrogen-bond donors (Lipinski definition) is 1. The molecule has 2 fully saturated rings. The van der Waals surface area contributed by atoms with Crippen LogP contribution in [0.5, 0.6) is 5.75 Å². The molecule has 3 aliphatic heterocycles. The molecule has 3 aliphatic rings. The predicted molar refractivity (Wildman–Crippen MR) is 129 cm³/mol. The van der Waals surface area contributed by atoms with Gasteiger partial charge in [0.2, 0.25) is 11.8 Å². The fourth-order valence-electron chi connectivity index (χ4n) is 5.25. The number of fused-ring (bicyclic) bond motifs is 1.